The Morgan fingerprint density at radius 3 is 2.45 bits per heavy atom. The minimum Gasteiger partial charge on any atom is -0.330 e. The lowest BCUT2D eigenvalue weighted by atomic mass is 10.1. The molecule has 0 spiro atoms. The van der Waals surface area contributed by atoms with Gasteiger partial charge in [-0.15, -0.1) is 24.8 Å². The summed E-state index contributed by atoms with van der Waals surface area (Å²) in [7, 11) is 0. The third-order valence-electron chi connectivity index (χ3n) is 1.76. The van der Waals surface area contributed by atoms with Crippen molar-refractivity contribution in [3.05, 3.63) is 0 Å². The summed E-state index contributed by atoms with van der Waals surface area (Å²) >= 11 is 0. The van der Waals surface area contributed by atoms with Crippen molar-refractivity contribution in [3.8, 4) is 6.19 Å². The van der Waals surface area contributed by atoms with E-state index in [1.54, 1.807) is 4.90 Å². The smallest absolute Gasteiger partial charge is 0.179 e. The number of nitriles is 1. The maximum Gasteiger partial charge on any atom is 0.179 e. The molecule has 0 amide bonds. The highest BCUT2D eigenvalue weighted by molar-refractivity contribution is 5.85. The molecule has 1 unspecified atom stereocenters. The summed E-state index contributed by atoms with van der Waals surface area (Å²) in [6, 6.07) is 0. The van der Waals surface area contributed by atoms with Crippen LogP contribution in [0.1, 0.15) is 6.42 Å². The highest BCUT2D eigenvalue weighted by Gasteiger charge is 2.19. The summed E-state index contributed by atoms with van der Waals surface area (Å²) in [5.74, 6) is 0.560. The van der Waals surface area contributed by atoms with E-state index in [-0.39, 0.29) is 24.8 Å². The zero-order valence-electron chi connectivity index (χ0n) is 6.19. The SMILES string of the molecule is Cl.Cl.N#CN1CCC(CN)C1. The van der Waals surface area contributed by atoms with Gasteiger partial charge in [0.25, 0.3) is 0 Å². The van der Waals surface area contributed by atoms with Crippen LogP contribution in [0.15, 0.2) is 0 Å². The topological polar surface area (TPSA) is 53.0 Å². The molecule has 11 heavy (non-hydrogen) atoms. The highest BCUT2D eigenvalue weighted by Crippen LogP contribution is 2.12. The molecule has 1 aliphatic heterocycles. The van der Waals surface area contributed by atoms with Crippen LogP contribution >= 0.6 is 24.8 Å². The van der Waals surface area contributed by atoms with Crippen molar-refractivity contribution in [2.75, 3.05) is 19.6 Å². The first-order valence-electron chi connectivity index (χ1n) is 3.21. The van der Waals surface area contributed by atoms with Crippen LogP contribution in [0.4, 0.5) is 0 Å². The van der Waals surface area contributed by atoms with Gasteiger partial charge in [-0.1, -0.05) is 0 Å². The molecule has 1 fully saturated rings. The van der Waals surface area contributed by atoms with Crippen molar-refractivity contribution in [1.29, 1.82) is 5.26 Å². The summed E-state index contributed by atoms with van der Waals surface area (Å²) in [4.78, 5) is 1.76. The Morgan fingerprint density at radius 2 is 2.18 bits per heavy atom. The molecule has 3 nitrogen and oxygen atoms in total. The lowest BCUT2D eigenvalue weighted by Crippen LogP contribution is -2.18. The zero-order valence-corrected chi connectivity index (χ0v) is 7.83. The molecule has 0 radical (unpaired) electrons. The minimum atomic E-state index is 0. The van der Waals surface area contributed by atoms with Gasteiger partial charge in [0.15, 0.2) is 6.19 Å². The molecule has 1 heterocycles. The number of likely N-dealkylation sites (tertiary alicyclic amines) is 1. The zero-order chi connectivity index (χ0) is 6.69. The van der Waals surface area contributed by atoms with Crippen LogP contribution in [0.25, 0.3) is 0 Å². The van der Waals surface area contributed by atoms with Gasteiger partial charge in [-0.05, 0) is 18.9 Å². The number of nitrogens with two attached hydrogens (primary N) is 1. The van der Waals surface area contributed by atoms with Crippen LogP contribution in [0, 0.1) is 17.4 Å². The summed E-state index contributed by atoms with van der Waals surface area (Å²) in [6.07, 6.45) is 3.19. The first-order chi connectivity index (χ1) is 4.36. The maximum absolute atomic E-state index is 8.41. The van der Waals surface area contributed by atoms with Crippen LogP contribution < -0.4 is 5.73 Å². The Hall–Kier alpha value is -0.170. The van der Waals surface area contributed by atoms with Gasteiger partial charge in [-0.25, -0.2) is 0 Å². The Morgan fingerprint density at radius 1 is 1.55 bits per heavy atom. The first kappa shape index (κ1) is 13.4. The molecule has 5 heteroatoms. The van der Waals surface area contributed by atoms with Crippen LogP contribution in [0.5, 0.6) is 0 Å². The van der Waals surface area contributed by atoms with Crippen molar-refractivity contribution < 1.29 is 0 Å². The molecule has 1 aliphatic rings. The van der Waals surface area contributed by atoms with Crippen LogP contribution in [0.2, 0.25) is 0 Å². The molecule has 0 aliphatic carbocycles. The molecular formula is C6H13Cl2N3. The lowest BCUT2D eigenvalue weighted by Gasteiger charge is -2.04. The monoisotopic (exact) mass is 197 g/mol. The van der Waals surface area contributed by atoms with Crippen LogP contribution in [0.3, 0.4) is 0 Å². The van der Waals surface area contributed by atoms with E-state index < -0.39 is 0 Å². The van der Waals surface area contributed by atoms with Crippen LogP contribution in [-0.2, 0) is 0 Å². The second-order valence-electron chi connectivity index (χ2n) is 2.44. The summed E-state index contributed by atoms with van der Waals surface area (Å²) in [5.41, 5.74) is 5.41. The van der Waals surface area contributed by atoms with E-state index in [4.69, 9.17) is 11.0 Å². The van der Waals surface area contributed by atoms with E-state index >= 15 is 0 Å². The van der Waals surface area contributed by atoms with Gasteiger partial charge in [0.2, 0.25) is 0 Å². The predicted molar refractivity (Wildman–Crippen MR) is 48.8 cm³/mol. The molecule has 66 valence electrons. The minimum absolute atomic E-state index is 0. The largest absolute Gasteiger partial charge is 0.330 e. The van der Waals surface area contributed by atoms with E-state index in [1.165, 1.54) is 0 Å². The number of halogens is 2. The van der Waals surface area contributed by atoms with Crippen molar-refractivity contribution in [2.24, 2.45) is 11.7 Å². The van der Waals surface area contributed by atoms with Crippen LogP contribution in [-0.4, -0.2) is 24.5 Å². The molecule has 2 N–H and O–H groups in total. The van der Waals surface area contributed by atoms with Gasteiger partial charge in [0, 0.05) is 13.1 Å². The van der Waals surface area contributed by atoms with Gasteiger partial charge >= 0.3 is 0 Å². The Kier molecular flexibility index (Phi) is 7.97. The summed E-state index contributed by atoms with van der Waals surface area (Å²) in [5, 5.41) is 8.41. The molecule has 0 aromatic rings. The van der Waals surface area contributed by atoms with E-state index in [0.717, 1.165) is 26.1 Å². The fraction of sp³-hybridized carbons (Fsp3) is 0.833. The first-order valence-corrected chi connectivity index (χ1v) is 3.21. The number of rotatable bonds is 1. The number of hydrogen-bond donors (Lipinski definition) is 1. The average molecular weight is 198 g/mol. The Balaban J connectivity index is 0. The molecular weight excluding hydrogens is 185 g/mol. The van der Waals surface area contributed by atoms with Gasteiger partial charge in [0.1, 0.15) is 0 Å². The van der Waals surface area contributed by atoms with Gasteiger partial charge in [-0.3, -0.25) is 0 Å². The summed E-state index contributed by atoms with van der Waals surface area (Å²) < 4.78 is 0. The Bertz CT molecular complexity index is 134. The molecule has 0 aromatic heterocycles. The standard InChI is InChI=1S/C6H11N3.2ClH/c7-3-6-1-2-9(4-6)5-8;;/h6H,1-4,7H2;2*1H. The average Bonchev–Trinajstić information content (AvgIpc) is 2.34. The Labute approximate surface area is 79.4 Å². The quantitative estimate of drug-likeness (QED) is 0.627. The highest BCUT2D eigenvalue weighted by atomic mass is 35.5. The second-order valence-corrected chi connectivity index (χ2v) is 2.44. The van der Waals surface area contributed by atoms with E-state index in [0.29, 0.717) is 5.92 Å². The fourth-order valence-electron chi connectivity index (χ4n) is 1.12. The van der Waals surface area contributed by atoms with E-state index in [1.807, 2.05) is 0 Å². The third-order valence-corrected chi connectivity index (χ3v) is 1.76. The van der Waals surface area contributed by atoms with Crippen molar-refractivity contribution in [1.82, 2.24) is 4.90 Å². The number of nitrogens with zero attached hydrogens (tertiary/aromatic N) is 2. The molecule has 1 atom stereocenters. The maximum atomic E-state index is 8.41. The number of hydrogen-bond acceptors (Lipinski definition) is 3. The molecule has 0 saturated carbocycles. The van der Waals surface area contributed by atoms with E-state index in [9.17, 15) is 0 Å². The summed E-state index contributed by atoms with van der Waals surface area (Å²) in [6.45, 7) is 2.49. The van der Waals surface area contributed by atoms with Crippen molar-refractivity contribution in [2.45, 2.75) is 6.42 Å². The third kappa shape index (κ3) is 3.66. The van der Waals surface area contributed by atoms with E-state index in [2.05, 4.69) is 6.19 Å². The molecule has 1 saturated heterocycles. The predicted octanol–water partition coefficient (Wildman–Crippen LogP) is 0.592. The molecule has 0 bridgehead atoms. The lowest BCUT2D eigenvalue weighted by molar-refractivity contribution is 0.457. The van der Waals surface area contributed by atoms with Crippen molar-refractivity contribution in [3.63, 3.8) is 0 Å². The second kappa shape index (κ2) is 6.53. The molecule has 1 rings (SSSR count). The van der Waals surface area contributed by atoms with Gasteiger partial charge in [0.05, 0.1) is 0 Å². The molecule has 0 aromatic carbocycles. The fourth-order valence-corrected chi connectivity index (χ4v) is 1.12. The van der Waals surface area contributed by atoms with Crippen molar-refractivity contribution >= 4 is 24.8 Å². The van der Waals surface area contributed by atoms with Gasteiger partial charge in [-0.2, -0.15) is 5.26 Å². The van der Waals surface area contributed by atoms with Gasteiger partial charge < -0.3 is 10.6 Å². The normalized spacial score (nSPS) is 21.5.